The van der Waals surface area contributed by atoms with Gasteiger partial charge in [0.25, 0.3) is 0 Å². The first-order chi connectivity index (χ1) is 12.0. The lowest BCUT2D eigenvalue weighted by atomic mass is 10.1. The van der Waals surface area contributed by atoms with Crippen LogP contribution in [0.2, 0.25) is 0 Å². The van der Waals surface area contributed by atoms with Crippen molar-refractivity contribution < 1.29 is 14.4 Å². The zero-order valence-electron chi connectivity index (χ0n) is 15.0. The van der Waals surface area contributed by atoms with Crippen LogP contribution in [-0.4, -0.2) is 66.2 Å². The van der Waals surface area contributed by atoms with Gasteiger partial charge in [0, 0.05) is 50.6 Å². The summed E-state index contributed by atoms with van der Waals surface area (Å²) in [6, 6.07) is 9.19. The number of nitrogens with zero attached hydrogens (tertiary/aromatic N) is 2. The van der Waals surface area contributed by atoms with Crippen molar-refractivity contribution in [3.63, 3.8) is 0 Å². The molecule has 0 aromatic heterocycles. The summed E-state index contributed by atoms with van der Waals surface area (Å²) < 4.78 is 0. The molecule has 0 spiro atoms. The van der Waals surface area contributed by atoms with E-state index >= 15 is 0 Å². The number of nitrogens with one attached hydrogen (secondary N) is 1. The fraction of sp³-hybridized carbons (Fsp3) is 0.526. The highest BCUT2D eigenvalue weighted by atomic mass is 16.2. The molecule has 6 nitrogen and oxygen atoms in total. The Labute approximate surface area is 149 Å². The summed E-state index contributed by atoms with van der Waals surface area (Å²) in [6.45, 7) is 6.82. The minimum atomic E-state index is -0.00191. The molecule has 2 rings (SSSR count). The Hall–Kier alpha value is -2.21. The number of carbonyl (C=O) groups excluding carboxylic acids is 3. The van der Waals surface area contributed by atoms with Gasteiger partial charge in [-0.05, 0) is 13.8 Å². The molecule has 1 aliphatic rings. The molecular weight excluding hydrogens is 318 g/mol. The van der Waals surface area contributed by atoms with Gasteiger partial charge < -0.3 is 10.2 Å². The van der Waals surface area contributed by atoms with Crippen LogP contribution in [0.1, 0.15) is 37.0 Å². The van der Waals surface area contributed by atoms with E-state index in [1.807, 2.05) is 32.0 Å². The summed E-state index contributed by atoms with van der Waals surface area (Å²) >= 11 is 0. The Bertz CT molecular complexity index is 593. The molecule has 1 heterocycles. The van der Waals surface area contributed by atoms with Gasteiger partial charge in [-0.25, -0.2) is 0 Å². The highest BCUT2D eigenvalue weighted by Crippen LogP contribution is 2.09. The first kappa shape index (κ1) is 19.1. The Morgan fingerprint density at radius 2 is 1.64 bits per heavy atom. The minimum absolute atomic E-state index is 0.00191. The molecule has 2 amide bonds. The molecule has 1 saturated heterocycles. The number of hydrogen-bond acceptors (Lipinski definition) is 4. The van der Waals surface area contributed by atoms with Gasteiger partial charge >= 0.3 is 0 Å². The van der Waals surface area contributed by atoms with E-state index in [1.165, 1.54) is 0 Å². The predicted octanol–water partition coefficient (Wildman–Crippen LogP) is 1.32. The van der Waals surface area contributed by atoms with Gasteiger partial charge in [0.1, 0.15) is 0 Å². The second-order valence-electron chi connectivity index (χ2n) is 6.67. The number of rotatable bonds is 7. The van der Waals surface area contributed by atoms with Gasteiger partial charge in [-0.3, -0.25) is 19.3 Å². The van der Waals surface area contributed by atoms with Crippen molar-refractivity contribution in [2.75, 3.05) is 32.7 Å². The molecule has 1 N–H and O–H groups in total. The molecule has 25 heavy (non-hydrogen) atoms. The van der Waals surface area contributed by atoms with E-state index in [0.717, 1.165) is 0 Å². The smallest absolute Gasteiger partial charge is 0.234 e. The van der Waals surface area contributed by atoms with Gasteiger partial charge in [-0.1, -0.05) is 30.3 Å². The number of benzene rings is 1. The van der Waals surface area contributed by atoms with Gasteiger partial charge in [0.15, 0.2) is 5.78 Å². The molecule has 0 aliphatic carbocycles. The minimum Gasteiger partial charge on any atom is -0.353 e. The average molecular weight is 345 g/mol. The lowest BCUT2D eigenvalue weighted by Crippen LogP contribution is -2.51. The van der Waals surface area contributed by atoms with Crippen molar-refractivity contribution in [1.82, 2.24) is 15.1 Å². The summed E-state index contributed by atoms with van der Waals surface area (Å²) in [4.78, 5) is 40.0. The molecule has 136 valence electrons. The first-order valence-corrected chi connectivity index (χ1v) is 8.83. The van der Waals surface area contributed by atoms with Gasteiger partial charge in [0.05, 0.1) is 6.54 Å². The van der Waals surface area contributed by atoms with E-state index < -0.39 is 0 Å². The van der Waals surface area contributed by atoms with Crippen molar-refractivity contribution in [1.29, 1.82) is 0 Å². The van der Waals surface area contributed by atoms with Crippen LogP contribution in [0, 0.1) is 0 Å². The van der Waals surface area contributed by atoms with Crippen molar-refractivity contribution >= 4 is 17.6 Å². The zero-order chi connectivity index (χ0) is 18.2. The second-order valence-corrected chi connectivity index (χ2v) is 6.67. The summed E-state index contributed by atoms with van der Waals surface area (Å²) in [7, 11) is 0. The van der Waals surface area contributed by atoms with Crippen LogP contribution < -0.4 is 5.32 Å². The molecule has 1 aliphatic heterocycles. The topological polar surface area (TPSA) is 69.7 Å². The number of hydrogen-bond donors (Lipinski definition) is 1. The first-order valence-electron chi connectivity index (χ1n) is 8.83. The number of carbonyl (C=O) groups is 3. The number of ketones is 1. The summed E-state index contributed by atoms with van der Waals surface area (Å²) in [5.74, 6) is 0.0248. The van der Waals surface area contributed by atoms with Gasteiger partial charge in [-0.2, -0.15) is 0 Å². The quantitative estimate of drug-likeness (QED) is 0.757. The molecule has 0 radical (unpaired) electrons. The van der Waals surface area contributed by atoms with E-state index in [9.17, 15) is 14.4 Å². The van der Waals surface area contributed by atoms with Gasteiger partial charge in [-0.15, -0.1) is 0 Å². The van der Waals surface area contributed by atoms with E-state index in [1.54, 1.807) is 17.0 Å². The van der Waals surface area contributed by atoms with E-state index in [4.69, 9.17) is 0 Å². The van der Waals surface area contributed by atoms with Crippen LogP contribution in [0.3, 0.4) is 0 Å². The molecule has 1 aromatic rings. The fourth-order valence-corrected chi connectivity index (χ4v) is 2.87. The Morgan fingerprint density at radius 1 is 1.00 bits per heavy atom. The molecule has 6 heteroatoms. The predicted molar refractivity (Wildman–Crippen MR) is 96.3 cm³/mol. The molecule has 0 bridgehead atoms. The zero-order valence-corrected chi connectivity index (χ0v) is 15.0. The molecule has 0 atom stereocenters. The van der Waals surface area contributed by atoms with Crippen molar-refractivity contribution in [3.8, 4) is 0 Å². The molecule has 0 saturated carbocycles. The third kappa shape index (κ3) is 6.31. The average Bonchev–Trinajstić information content (AvgIpc) is 2.60. The standard InChI is InChI=1S/C19H27N3O3/c1-15(2)20-18(24)14-21-10-12-22(13-11-21)19(25)9-8-17(23)16-6-4-3-5-7-16/h3-7,15H,8-14H2,1-2H3,(H,20,24). The van der Waals surface area contributed by atoms with Crippen LogP contribution >= 0.6 is 0 Å². The number of amides is 2. The molecule has 0 unspecified atom stereocenters. The maximum atomic E-state index is 12.3. The highest BCUT2D eigenvalue weighted by Gasteiger charge is 2.22. The summed E-state index contributed by atoms with van der Waals surface area (Å²) in [5.41, 5.74) is 0.649. The highest BCUT2D eigenvalue weighted by molar-refractivity contribution is 5.97. The van der Waals surface area contributed by atoms with Crippen LogP contribution in [0.15, 0.2) is 30.3 Å². The lowest BCUT2D eigenvalue weighted by molar-refractivity contribution is -0.133. The molecular formula is C19H27N3O3. The molecule has 1 aromatic carbocycles. The second kappa shape index (κ2) is 9.32. The SMILES string of the molecule is CC(C)NC(=O)CN1CCN(C(=O)CCC(=O)c2ccccc2)CC1. The van der Waals surface area contributed by atoms with E-state index in [-0.39, 0.29) is 36.5 Å². The van der Waals surface area contributed by atoms with Gasteiger partial charge in [0.2, 0.25) is 11.8 Å². The van der Waals surface area contributed by atoms with Crippen LogP contribution in [0.4, 0.5) is 0 Å². The third-order valence-electron chi connectivity index (χ3n) is 4.20. The van der Waals surface area contributed by atoms with Crippen LogP contribution in [0.25, 0.3) is 0 Å². The lowest BCUT2D eigenvalue weighted by Gasteiger charge is -2.34. The van der Waals surface area contributed by atoms with Crippen molar-refractivity contribution in [2.45, 2.75) is 32.7 Å². The molecule has 1 fully saturated rings. The number of Topliss-reactive ketones (excluding diaryl/α,β-unsaturated/α-hetero) is 1. The normalized spacial score (nSPS) is 15.2. The Balaban J connectivity index is 1.70. The van der Waals surface area contributed by atoms with Crippen molar-refractivity contribution in [3.05, 3.63) is 35.9 Å². The van der Waals surface area contributed by atoms with E-state index in [0.29, 0.717) is 38.3 Å². The third-order valence-corrected chi connectivity index (χ3v) is 4.20. The number of piperazine rings is 1. The van der Waals surface area contributed by atoms with E-state index in [2.05, 4.69) is 10.2 Å². The maximum Gasteiger partial charge on any atom is 0.234 e. The Morgan fingerprint density at radius 3 is 2.24 bits per heavy atom. The van der Waals surface area contributed by atoms with Crippen LogP contribution in [0.5, 0.6) is 0 Å². The van der Waals surface area contributed by atoms with Crippen LogP contribution in [-0.2, 0) is 9.59 Å². The summed E-state index contributed by atoms with van der Waals surface area (Å²) in [5, 5.41) is 2.87. The monoisotopic (exact) mass is 345 g/mol. The van der Waals surface area contributed by atoms with Crippen molar-refractivity contribution in [2.24, 2.45) is 0 Å². The maximum absolute atomic E-state index is 12.3. The largest absolute Gasteiger partial charge is 0.353 e. The summed E-state index contributed by atoms with van der Waals surface area (Å²) in [6.07, 6.45) is 0.474. The fourth-order valence-electron chi connectivity index (χ4n) is 2.87. The Kier molecular flexibility index (Phi) is 7.13.